The third-order valence-electron chi connectivity index (χ3n) is 1.29. The number of rotatable bonds is 1. The van der Waals surface area contributed by atoms with Gasteiger partial charge in [0.15, 0.2) is 0 Å². The summed E-state index contributed by atoms with van der Waals surface area (Å²) in [5, 5.41) is 4.37. The van der Waals surface area contributed by atoms with Crippen molar-refractivity contribution >= 4 is 5.69 Å². The second-order valence-corrected chi connectivity index (χ2v) is 3.76. The van der Waals surface area contributed by atoms with Gasteiger partial charge in [0.1, 0.15) is 5.82 Å². The number of benzene rings is 1. The van der Waals surface area contributed by atoms with Crippen LogP contribution in [0.2, 0.25) is 0 Å². The average Bonchev–Trinajstić information content (AvgIpc) is 1.91. The van der Waals surface area contributed by atoms with Gasteiger partial charge in [0.2, 0.25) is 0 Å². The molecule has 0 spiro atoms. The quantitative estimate of drug-likeness (QED) is 0.553. The van der Waals surface area contributed by atoms with Crippen molar-refractivity contribution in [1.29, 1.82) is 0 Å². The predicted molar refractivity (Wildman–Crippen MR) is 49.2 cm³/mol. The van der Waals surface area contributed by atoms with Gasteiger partial charge in [0.05, 0.1) is 0 Å². The minimum absolute atomic E-state index is 0. The molecule has 0 atom stereocenters. The number of nitrogens with zero attached hydrogens (tertiary/aromatic N) is 1. The average molecular weight is 173 g/mol. The molecule has 0 heterocycles. The summed E-state index contributed by atoms with van der Waals surface area (Å²) in [6.07, 6.45) is 0. The molecule has 0 aliphatic carbocycles. The van der Waals surface area contributed by atoms with Gasteiger partial charge >= 0.3 is 18.9 Å². The molecule has 0 aliphatic rings. The normalized spacial score (nSPS) is 10.5. The van der Waals surface area contributed by atoms with Gasteiger partial charge in [-0.2, -0.15) is 0 Å². The predicted octanol–water partition coefficient (Wildman–Crippen LogP) is 0.633. The summed E-state index contributed by atoms with van der Waals surface area (Å²) in [6, 6.07) is 6.20. The molecular formula is C10H13FLiN. The number of hydrogen-bond donors (Lipinski definition) is 0. The van der Waals surface area contributed by atoms with E-state index in [-0.39, 0.29) is 30.2 Å². The van der Waals surface area contributed by atoms with E-state index in [1.807, 2.05) is 20.8 Å². The first-order valence-corrected chi connectivity index (χ1v) is 3.96. The summed E-state index contributed by atoms with van der Waals surface area (Å²) in [4.78, 5) is 0. The third kappa shape index (κ3) is 4.97. The molecule has 0 unspecified atom stereocenters. The fourth-order valence-corrected chi connectivity index (χ4v) is 0.903. The fraction of sp³-hybridized carbons (Fsp3) is 0.400. The molecule has 0 radical (unpaired) electrons. The molecule has 1 rings (SSSR count). The molecule has 13 heavy (non-hydrogen) atoms. The van der Waals surface area contributed by atoms with E-state index >= 15 is 0 Å². The Labute approximate surface area is 90.9 Å². The summed E-state index contributed by atoms with van der Waals surface area (Å²) in [7, 11) is 0. The van der Waals surface area contributed by atoms with Gasteiger partial charge in [-0.3, -0.25) is 0 Å². The minimum atomic E-state index is -0.220. The van der Waals surface area contributed by atoms with E-state index in [1.165, 1.54) is 12.1 Å². The summed E-state index contributed by atoms with van der Waals surface area (Å²) in [5.41, 5.74) is 0.724. The van der Waals surface area contributed by atoms with Gasteiger partial charge in [-0.1, -0.05) is 32.9 Å². The fourth-order valence-electron chi connectivity index (χ4n) is 0.903. The molecule has 0 bridgehead atoms. The molecule has 3 heteroatoms. The summed E-state index contributed by atoms with van der Waals surface area (Å²) < 4.78 is 12.5. The zero-order valence-electron chi connectivity index (χ0n) is 8.63. The van der Waals surface area contributed by atoms with Crippen LogP contribution in [0, 0.1) is 5.82 Å². The van der Waals surface area contributed by atoms with E-state index in [0.717, 1.165) is 5.69 Å². The Bertz CT molecular complexity index is 251. The monoisotopic (exact) mass is 173 g/mol. The summed E-state index contributed by atoms with van der Waals surface area (Å²) in [6.45, 7) is 6.03. The SMILES string of the molecule is CC(C)(C)[N-]c1ccc(F)cc1.[Li+]. The van der Waals surface area contributed by atoms with Crippen LogP contribution in [0.15, 0.2) is 24.3 Å². The standard InChI is InChI=1S/C10H13FN.Li/c1-10(2,3)12-9-6-4-8(11)5-7-9;/h4-7H,1-3H3;/q-1;+1. The van der Waals surface area contributed by atoms with E-state index in [9.17, 15) is 4.39 Å². The van der Waals surface area contributed by atoms with E-state index in [1.54, 1.807) is 12.1 Å². The van der Waals surface area contributed by atoms with Crippen LogP contribution in [0.3, 0.4) is 0 Å². The van der Waals surface area contributed by atoms with Crippen molar-refractivity contribution in [1.82, 2.24) is 0 Å². The molecule has 0 fully saturated rings. The molecule has 0 amide bonds. The molecular weight excluding hydrogens is 160 g/mol. The molecule has 0 aliphatic heterocycles. The smallest absolute Gasteiger partial charge is 0.680 e. The Morgan fingerprint density at radius 2 is 1.54 bits per heavy atom. The Hall–Kier alpha value is -0.453. The van der Waals surface area contributed by atoms with Crippen molar-refractivity contribution in [3.8, 4) is 0 Å². The van der Waals surface area contributed by atoms with Gasteiger partial charge in [-0.15, -0.1) is 11.2 Å². The first-order chi connectivity index (χ1) is 5.47. The van der Waals surface area contributed by atoms with E-state index in [4.69, 9.17) is 0 Å². The largest absolute Gasteiger partial charge is 1.00 e. The van der Waals surface area contributed by atoms with Crippen LogP contribution in [-0.4, -0.2) is 5.54 Å². The van der Waals surface area contributed by atoms with Gasteiger partial charge in [-0.25, -0.2) is 4.39 Å². The van der Waals surface area contributed by atoms with Crippen LogP contribution in [0.25, 0.3) is 5.32 Å². The number of hydrogen-bond acceptors (Lipinski definition) is 0. The molecule has 1 nitrogen and oxygen atoms in total. The zero-order valence-corrected chi connectivity index (χ0v) is 8.63. The van der Waals surface area contributed by atoms with Crippen LogP contribution < -0.4 is 18.9 Å². The van der Waals surface area contributed by atoms with Crippen molar-refractivity contribution in [2.45, 2.75) is 26.3 Å². The first-order valence-electron chi connectivity index (χ1n) is 3.96. The maximum atomic E-state index is 12.5. The Morgan fingerprint density at radius 1 is 1.08 bits per heavy atom. The summed E-state index contributed by atoms with van der Waals surface area (Å²) >= 11 is 0. The molecule has 0 saturated carbocycles. The minimum Gasteiger partial charge on any atom is -0.680 e. The van der Waals surface area contributed by atoms with Crippen molar-refractivity contribution < 1.29 is 23.3 Å². The maximum absolute atomic E-state index is 12.5. The zero-order chi connectivity index (χ0) is 9.19. The van der Waals surface area contributed by atoms with E-state index in [2.05, 4.69) is 5.32 Å². The van der Waals surface area contributed by atoms with Gasteiger partial charge in [-0.05, 0) is 12.1 Å². The molecule has 0 aromatic heterocycles. The van der Waals surface area contributed by atoms with E-state index < -0.39 is 0 Å². The molecule has 1 aromatic carbocycles. The van der Waals surface area contributed by atoms with Crippen LogP contribution in [-0.2, 0) is 0 Å². The van der Waals surface area contributed by atoms with Gasteiger partial charge in [0, 0.05) is 0 Å². The van der Waals surface area contributed by atoms with Crippen molar-refractivity contribution in [2.24, 2.45) is 0 Å². The molecule has 0 N–H and O–H groups in total. The number of halogens is 1. The Morgan fingerprint density at radius 3 is 1.92 bits per heavy atom. The van der Waals surface area contributed by atoms with Crippen LogP contribution >= 0.6 is 0 Å². The van der Waals surface area contributed by atoms with Gasteiger partial charge in [0.25, 0.3) is 0 Å². The second kappa shape index (κ2) is 4.69. The van der Waals surface area contributed by atoms with Crippen molar-refractivity contribution in [2.75, 3.05) is 0 Å². The van der Waals surface area contributed by atoms with E-state index in [0.29, 0.717) is 0 Å². The van der Waals surface area contributed by atoms with Crippen LogP contribution in [0.4, 0.5) is 10.1 Å². The molecule has 0 saturated heterocycles. The van der Waals surface area contributed by atoms with Gasteiger partial charge < -0.3 is 5.32 Å². The summed E-state index contributed by atoms with van der Waals surface area (Å²) in [5.74, 6) is -0.220. The maximum Gasteiger partial charge on any atom is 1.00 e. The second-order valence-electron chi connectivity index (χ2n) is 3.76. The topological polar surface area (TPSA) is 14.1 Å². The van der Waals surface area contributed by atoms with Crippen LogP contribution in [0.1, 0.15) is 20.8 Å². The molecule has 1 aromatic rings. The Balaban J connectivity index is 0.00000144. The van der Waals surface area contributed by atoms with Crippen molar-refractivity contribution in [3.63, 3.8) is 0 Å². The molecule has 66 valence electrons. The van der Waals surface area contributed by atoms with Crippen LogP contribution in [0.5, 0.6) is 0 Å². The Kier molecular flexibility index (Phi) is 4.53. The first kappa shape index (κ1) is 12.5. The van der Waals surface area contributed by atoms with Crippen molar-refractivity contribution in [3.05, 3.63) is 35.4 Å². The third-order valence-corrected chi connectivity index (χ3v) is 1.29.